The zero-order valence-electron chi connectivity index (χ0n) is 10.2. The molecule has 1 aliphatic heterocycles. The second kappa shape index (κ2) is 6.68. The maximum Gasteiger partial charge on any atom is 0.0936 e. The van der Waals surface area contributed by atoms with Crippen LogP contribution in [0, 0.1) is 0 Å². The molecule has 1 atom stereocenters. The standard InChI is InChI=1S/C12H16Cl2N2O2/c1-16(6-9-8-17-2-3-18-9)7-10-11(13)4-15-5-12(10)14/h4-5,9H,2-3,6-8H2,1H3/t9-/m0/s1. The van der Waals surface area contributed by atoms with E-state index >= 15 is 0 Å². The number of halogens is 2. The lowest BCUT2D eigenvalue weighted by Crippen LogP contribution is -2.38. The van der Waals surface area contributed by atoms with E-state index < -0.39 is 0 Å². The second-order valence-corrected chi connectivity index (χ2v) is 5.16. The monoisotopic (exact) mass is 290 g/mol. The van der Waals surface area contributed by atoms with Gasteiger partial charge in [-0.2, -0.15) is 0 Å². The van der Waals surface area contributed by atoms with Gasteiger partial charge in [-0.1, -0.05) is 23.2 Å². The quantitative estimate of drug-likeness (QED) is 0.852. The largest absolute Gasteiger partial charge is 0.376 e. The molecule has 0 aliphatic carbocycles. The van der Waals surface area contributed by atoms with Crippen molar-refractivity contribution < 1.29 is 9.47 Å². The molecular formula is C12H16Cl2N2O2. The molecule has 4 nitrogen and oxygen atoms in total. The molecule has 1 aliphatic rings. The van der Waals surface area contributed by atoms with E-state index in [4.69, 9.17) is 32.7 Å². The SMILES string of the molecule is CN(Cc1c(Cl)cncc1Cl)C[C@H]1COCCO1. The van der Waals surface area contributed by atoms with Crippen molar-refractivity contribution in [3.8, 4) is 0 Å². The normalized spacial score (nSPS) is 20.3. The molecule has 0 aromatic carbocycles. The summed E-state index contributed by atoms with van der Waals surface area (Å²) in [4.78, 5) is 6.06. The Morgan fingerprint density at radius 1 is 1.33 bits per heavy atom. The highest BCUT2D eigenvalue weighted by Gasteiger charge is 2.17. The topological polar surface area (TPSA) is 34.6 Å². The fourth-order valence-corrected chi connectivity index (χ4v) is 2.40. The number of ether oxygens (including phenoxy) is 2. The van der Waals surface area contributed by atoms with Gasteiger partial charge in [-0.05, 0) is 7.05 Å². The third kappa shape index (κ3) is 3.80. The first-order valence-corrected chi connectivity index (χ1v) is 6.58. The summed E-state index contributed by atoms with van der Waals surface area (Å²) in [5.74, 6) is 0. The molecule has 1 aromatic rings. The minimum absolute atomic E-state index is 0.114. The van der Waals surface area contributed by atoms with E-state index in [1.807, 2.05) is 7.05 Å². The summed E-state index contributed by atoms with van der Waals surface area (Å²) >= 11 is 12.2. The summed E-state index contributed by atoms with van der Waals surface area (Å²) in [5, 5.41) is 1.19. The highest BCUT2D eigenvalue weighted by molar-refractivity contribution is 6.35. The van der Waals surface area contributed by atoms with Crippen LogP contribution in [-0.4, -0.2) is 49.4 Å². The van der Waals surface area contributed by atoms with E-state index in [9.17, 15) is 0 Å². The van der Waals surface area contributed by atoms with E-state index in [0.717, 1.165) is 12.1 Å². The van der Waals surface area contributed by atoms with Crippen LogP contribution in [-0.2, 0) is 16.0 Å². The van der Waals surface area contributed by atoms with Gasteiger partial charge in [0.15, 0.2) is 0 Å². The molecule has 2 rings (SSSR count). The molecule has 1 saturated heterocycles. The van der Waals surface area contributed by atoms with E-state index in [1.54, 1.807) is 12.4 Å². The van der Waals surface area contributed by atoms with Crippen LogP contribution < -0.4 is 0 Å². The lowest BCUT2D eigenvalue weighted by Gasteiger charge is -2.27. The predicted octanol–water partition coefficient (Wildman–Crippen LogP) is 2.24. The zero-order valence-corrected chi connectivity index (χ0v) is 11.7. The fraction of sp³-hybridized carbons (Fsp3) is 0.583. The molecule has 6 heteroatoms. The van der Waals surface area contributed by atoms with Gasteiger partial charge in [0.1, 0.15) is 0 Å². The minimum Gasteiger partial charge on any atom is -0.376 e. The molecule has 1 fully saturated rings. The Hall–Kier alpha value is -0.390. The summed E-state index contributed by atoms with van der Waals surface area (Å²) in [6, 6.07) is 0. The summed E-state index contributed by atoms with van der Waals surface area (Å²) in [6.45, 7) is 3.44. The molecule has 18 heavy (non-hydrogen) atoms. The molecule has 0 amide bonds. The molecule has 1 aromatic heterocycles. The molecule has 0 saturated carbocycles. The Labute approximate surface area is 117 Å². The van der Waals surface area contributed by atoms with Crippen LogP contribution in [0.2, 0.25) is 10.0 Å². The van der Waals surface area contributed by atoms with Crippen LogP contribution in [0.1, 0.15) is 5.56 Å². The van der Waals surface area contributed by atoms with Crippen LogP contribution >= 0.6 is 23.2 Å². The first kappa shape index (κ1) is 14.0. The van der Waals surface area contributed by atoms with Crippen molar-refractivity contribution >= 4 is 23.2 Å². The van der Waals surface area contributed by atoms with Crippen molar-refractivity contribution in [2.45, 2.75) is 12.6 Å². The summed E-state index contributed by atoms with van der Waals surface area (Å²) in [5.41, 5.74) is 0.896. The van der Waals surface area contributed by atoms with Gasteiger partial charge in [-0.25, -0.2) is 0 Å². The van der Waals surface area contributed by atoms with Crippen molar-refractivity contribution in [2.75, 3.05) is 33.4 Å². The van der Waals surface area contributed by atoms with E-state index in [-0.39, 0.29) is 6.10 Å². The highest BCUT2D eigenvalue weighted by atomic mass is 35.5. The Morgan fingerprint density at radius 3 is 2.67 bits per heavy atom. The second-order valence-electron chi connectivity index (χ2n) is 4.35. The Morgan fingerprint density at radius 2 is 2.06 bits per heavy atom. The number of nitrogens with zero attached hydrogens (tertiary/aromatic N) is 2. The third-order valence-electron chi connectivity index (χ3n) is 2.78. The molecule has 100 valence electrons. The molecule has 0 N–H and O–H groups in total. The summed E-state index contributed by atoms with van der Waals surface area (Å²) in [6.07, 6.45) is 3.33. The van der Waals surface area contributed by atoms with Crippen molar-refractivity contribution in [2.24, 2.45) is 0 Å². The number of rotatable bonds is 4. The number of hydrogen-bond acceptors (Lipinski definition) is 4. The van der Waals surface area contributed by atoms with Crippen LogP contribution in [0.25, 0.3) is 0 Å². The van der Waals surface area contributed by atoms with E-state index in [1.165, 1.54) is 0 Å². The first-order chi connectivity index (χ1) is 8.66. The van der Waals surface area contributed by atoms with Crippen molar-refractivity contribution in [1.29, 1.82) is 0 Å². The molecular weight excluding hydrogens is 275 g/mol. The average molecular weight is 291 g/mol. The summed E-state index contributed by atoms with van der Waals surface area (Å²) in [7, 11) is 2.01. The third-order valence-corrected chi connectivity index (χ3v) is 3.43. The highest BCUT2D eigenvalue weighted by Crippen LogP contribution is 2.24. The lowest BCUT2D eigenvalue weighted by molar-refractivity contribution is -0.0962. The Balaban J connectivity index is 1.92. The molecule has 0 spiro atoms. The van der Waals surface area contributed by atoms with Gasteiger partial charge in [-0.3, -0.25) is 9.88 Å². The minimum atomic E-state index is 0.114. The van der Waals surface area contributed by atoms with Gasteiger partial charge in [0.2, 0.25) is 0 Å². The van der Waals surface area contributed by atoms with Gasteiger partial charge in [-0.15, -0.1) is 0 Å². The number of likely N-dealkylation sites (N-methyl/N-ethyl adjacent to an activating group) is 1. The smallest absolute Gasteiger partial charge is 0.0936 e. The molecule has 0 radical (unpaired) electrons. The first-order valence-electron chi connectivity index (χ1n) is 5.82. The zero-order chi connectivity index (χ0) is 13.0. The fourth-order valence-electron chi connectivity index (χ4n) is 1.91. The Bertz CT molecular complexity index is 377. The maximum atomic E-state index is 6.09. The predicted molar refractivity (Wildman–Crippen MR) is 71.2 cm³/mol. The summed E-state index contributed by atoms with van der Waals surface area (Å²) < 4.78 is 11.0. The maximum absolute atomic E-state index is 6.09. The van der Waals surface area contributed by atoms with Crippen LogP contribution in [0.4, 0.5) is 0 Å². The van der Waals surface area contributed by atoms with E-state index in [0.29, 0.717) is 36.4 Å². The van der Waals surface area contributed by atoms with Crippen molar-refractivity contribution in [3.05, 3.63) is 28.0 Å². The van der Waals surface area contributed by atoms with Crippen molar-refractivity contribution in [1.82, 2.24) is 9.88 Å². The van der Waals surface area contributed by atoms with Crippen LogP contribution in [0.15, 0.2) is 12.4 Å². The van der Waals surface area contributed by atoms with Gasteiger partial charge < -0.3 is 9.47 Å². The molecule has 2 heterocycles. The van der Waals surface area contributed by atoms with Gasteiger partial charge >= 0.3 is 0 Å². The van der Waals surface area contributed by atoms with Gasteiger partial charge in [0.05, 0.1) is 36.0 Å². The molecule has 0 bridgehead atoms. The van der Waals surface area contributed by atoms with Crippen LogP contribution in [0.3, 0.4) is 0 Å². The average Bonchev–Trinajstić information content (AvgIpc) is 2.35. The lowest BCUT2D eigenvalue weighted by atomic mass is 10.2. The number of pyridine rings is 1. The van der Waals surface area contributed by atoms with Gasteiger partial charge in [0, 0.05) is 31.0 Å². The van der Waals surface area contributed by atoms with E-state index in [2.05, 4.69) is 9.88 Å². The Kier molecular flexibility index (Phi) is 5.21. The van der Waals surface area contributed by atoms with Gasteiger partial charge in [0.25, 0.3) is 0 Å². The molecule has 0 unspecified atom stereocenters. The number of hydrogen-bond donors (Lipinski definition) is 0. The number of aromatic nitrogens is 1. The van der Waals surface area contributed by atoms with Crippen LogP contribution in [0.5, 0.6) is 0 Å². The van der Waals surface area contributed by atoms with Crippen molar-refractivity contribution in [3.63, 3.8) is 0 Å².